The van der Waals surface area contributed by atoms with E-state index in [0.717, 1.165) is 38.8 Å². The van der Waals surface area contributed by atoms with Crippen molar-refractivity contribution in [1.82, 2.24) is 9.88 Å². The van der Waals surface area contributed by atoms with Crippen molar-refractivity contribution in [3.63, 3.8) is 0 Å². The second kappa shape index (κ2) is 7.20. The smallest absolute Gasteiger partial charge is 0.406 e. The van der Waals surface area contributed by atoms with Gasteiger partial charge in [-0.1, -0.05) is 12.8 Å². The molecule has 1 fully saturated rings. The van der Waals surface area contributed by atoms with Gasteiger partial charge in [-0.05, 0) is 41.8 Å². The highest BCUT2D eigenvalue weighted by Gasteiger charge is 2.26. The first-order valence-electron chi connectivity index (χ1n) is 7.56. The number of pyridine rings is 1. The van der Waals surface area contributed by atoms with Gasteiger partial charge in [0.1, 0.15) is 5.69 Å². The van der Waals surface area contributed by atoms with Crippen molar-refractivity contribution >= 4 is 11.7 Å². The minimum absolute atomic E-state index is 0.0336. The molecule has 1 unspecified atom stereocenters. The molecule has 1 aliphatic heterocycles. The molecule has 1 aliphatic rings. The molecule has 0 saturated carbocycles. The first-order chi connectivity index (χ1) is 10.5. The Hall–Kier alpha value is -2.18. The third-order valence-electron chi connectivity index (χ3n) is 3.72. The molecule has 0 radical (unpaired) electrons. The van der Waals surface area contributed by atoms with Crippen LogP contribution in [0.1, 0.15) is 38.3 Å². The van der Waals surface area contributed by atoms with Crippen molar-refractivity contribution in [2.75, 3.05) is 13.1 Å². The monoisotopic (exact) mass is 307 g/mol. The van der Waals surface area contributed by atoms with Gasteiger partial charge >= 0.3 is 5.82 Å². The molecule has 0 bridgehead atoms. The molecule has 0 N–H and O–H groups in total. The molecule has 2 rings (SSSR count). The number of nitrogens with zero attached hydrogens (tertiary/aromatic N) is 3. The Morgan fingerprint density at radius 1 is 1.32 bits per heavy atom. The molecule has 1 aromatic heterocycles. The van der Waals surface area contributed by atoms with E-state index >= 15 is 0 Å². The fraction of sp³-hybridized carbons (Fsp3) is 0.600. The van der Waals surface area contributed by atoms with Crippen LogP contribution < -0.4 is 4.74 Å². The fourth-order valence-electron chi connectivity index (χ4n) is 2.54. The van der Waals surface area contributed by atoms with Gasteiger partial charge in [0.2, 0.25) is 5.75 Å². The molecule has 0 spiro atoms. The third-order valence-corrected chi connectivity index (χ3v) is 3.72. The van der Waals surface area contributed by atoms with E-state index in [2.05, 4.69) is 4.98 Å². The summed E-state index contributed by atoms with van der Waals surface area (Å²) in [7, 11) is 0. The van der Waals surface area contributed by atoms with Crippen LogP contribution >= 0.6 is 0 Å². The number of carbonyl (C=O) groups excluding carboxylic acids is 1. The van der Waals surface area contributed by atoms with Crippen LogP contribution in [0.3, 0.4) is 0 Å². The standard InChI is InChI=1S/C15H21N3O4/c1-11-7-8-13(14(16-11)18(20)21)22-12(2)15(19)17-9-5-3-4-6-10-17/h7-8,12H,3-6,9-10H2,1-2H3. The summed E-state index contributed by atoms with van der Waals surface area (Å²) in [6.07, 6.45) is 3.48. The van der Waals surface area contributed by atoms with E-state index in [9.17, 15) is 14.9 Å². The van der Waals surface area contributed by atoms with Crippen LogP contribution in [0.25, 0.3) is 0 Å². The molecule has 1 saturated heterocycles. The highest BCUT2D eigenvalue weighted by molar-refractivity contribution is 5.81. The normalized spacial score (nSPS) is 16.7. The van der Waals surface area contributed by atoms with Crippen molar-refractivity contribution in [2.45, 2.75) is 45.6 Å². The molecular weight excluding hydrogens is 286 g/mol. The average molecular weight is 307 g/mol. The maximum absolute atomic E-state index is 12.4. The molecule has 0 aliphatic carbocycles. The Labute approximate surface area is 129 Å². The van der Waals surface area contributed by atoms with Crippen molar-refractivity contribution in [3.05, 3.63) is 27.9 Å². The van der Waals surface area contributed by atoms with Crippen LogP contribution in [0.5, 0.6) is 5.75 Å². The van der Waals surface area contributed by atoms with Crippen LogP contribution in [0.2, 0.25) is 0 Å². The molecule has 1 aromatic rings. The second-order valence-electron chi connectivity index (χ2n) is 5.53. The van der Waals surface area contributed by atoms with Crippen LogP contribution in [-0.2, 0) is 4.79 Å². The predicted octanol–water partition coefficient (Wildman–Crippen LogP) is 2.47. The van der Waals surface area contributed by atoms with E-state index in [1.807, 2.05) is 0 Å². The Balaban J connectivity index is 2.09. The van der Waals surface area contributed by atoms with E-state index in [0.29, 0.717) is 5.69 Å². The lowest BCUT2D eigenvalue weighted by Gasteiger charge is -2.24. The molecule has 1 atom stereocenters. The zero-order valence-corrected chi connectivity index (χ0v) is 12.9. The zero-order chi connectivity index (χ0) is 16.1. The Morgan fingerprint density at radius 3 is 2.55 bits per heavy atom. The van der Waals surface area contributed by atoms with E-state index in [1.165, 1.54) is 6.07 Å². The van der Waals surface area contributed by atoms with E-state index in [4.69, 9.17) is 4.74 Å². The number of rotatable bonds is 4. The largest absolute Gasteiger partial charge is 0.473 e. The topological polar surface area (TPSA) is 85.6 Å². The summed E-state index contributed by atoms with van der Waals surface area (Å²) in [6, 6.07) is 3.12. The van der Waals surface area contributed by atoms with Gasteiger partial charge in [0.15, 0.2) is 6.10 Å². The minimum Gasteiger partial charge on any atom is -0.473 e. The van der Waals surface area contributed by atoms with Crippen molar-refractivity contribution in [2.24, 2.45) is 0 Å². The number of ether oxygens (including phenoxy) is 1. The van der Waals surface area contributed by atoms with Crippen LogP contribution in [0, 0.1) is 17.0 Å². The average Bonchev–Trinajstić information content (AvgIpc) is 2.77. The van der Waals surface area contributed by atoms with Gasteiger partial charge in [0.05, 0.1) is 0 Å². The molecule has 22 heavy (non-hydrogen) atoms. The van der Waals surface area contributed by atoms with Gasteiger partial charge in [0, 0.05) is 20.0 Å². The Kier molecular flexibility index (Phi) is 5.30. The van der Waals surface area contributed by atoms with E-state index in [1.54, 1.807) is 24.8 Å². The highest BCUT2D eigenvalue weighted by atomic mass is 16.6. The molecular formula is C15H21N3O4. The van der Waals surface area contributed by atoms with Gasteiger partial charge in [-0.3, -0.25) is 4.79 Å². The summed E-state index contributed by atoms with van der Waals surface area (Å²) in [5, 5.41) is 11.0. The van der Waals surface area contributed by atoms with E-state index < -0.39 is 11.0 Å². The predicted molar refractivity (Wildman–Crippen MR) is 80.8 cm³/mol. The lowest BCUT2D eigenvalue weighted by molar-refractivity contribution is -0.390. The second-order valence-corrected chi connectivity index (χ2v) is 5.53. The summed E-state index contributed by atoms with van der Waals surface area (Å²) in [4.78, 5) is 28.5. The number of carbonyl (C=O) groups is 1. The van der Waals surface area contributed by atoms with Crippen LogP contribution in [0.4, 0.5) is 5.82 Å². The summed E-state index contributed by atoms with van der Waals surface area (Å²) >= 11 is 0. The zero-order valence-electron chi connectivity index (χ0n) is 12.9. The van der Waals surface area contributed by atoms with Gasteiger partial charge in [-0.25, -0.2) is 0 Å². The number of nitro groups is 1. The minimum atomic E-state index is -0.763. The Morgan fingerprint density at radius 2 is 1.95 bits per heavy atom. The van der Waals surface area contributed by atoms with Gasteiger partial charge < -0.3 is 19.8 Å². The molecule has 7 nitrogen and oxygen atoms in total. The van der Waals surface area contributed by atoms with Crippen LogP contribution in [-0.4, -0.2) is 39.9 Å². The summed E-state index contributed by atoms with van der Waals surface area (Å²) in [5.41, 5.74) is 0.533. The number of aromatic nitrogens is 1. The molecule has 2 heterocycles. The molecule has 7 heteroatoms. The van der Waals surface area contributed by atoms with Gasteiger partial charge in [0.25, 0.3) is 5.91 Å². The number of amides is 1. The fourth-order valence-corrected chi connectivity index (χ4v) is 2.54. The maximum atomic E-state index is 12.4. The van der Waals surface area contributed by atoms with Gasteiger partial charge in [-0.15, -0.1) is 0 Å². The lowest BCUT2D eigenvalue weighted by Crippen LogP contribution is -2.41. The van der Waals surface area contributed by atoms with Gasteiger partial charge in [-0.2, -0.15) is 0 Å². The maximum Gasteiger partial charge on any atom is 0.406 e. The summed E-state index contributed by atoms with van der Waals surface area (Å²) in [6.45, 7) is 4.74. The first kappa shape index (κ1) is 16.2. The Bertz CT molecular complexity index is 554. The number of likely N-dealkylation sites (tertiary alicyclic amines) is 1. The number of hydrogen-bond acceptors (Lipinski definition) is 5. The molecule has 1 amide bonds. The van der Waals surface area contributed by atoms with Crippen LogP contribution in [0.15, 0.2) is 12.1 Å². The summed E-state index contributed by atoms with van der Waals surface area (Å²) in [5.74, 6) is -0.446. The quantitative estimate of drug-likeness (QED) is 0.630. The first-order valence-corrected chi connectivity index (χ1v) is 7.56. The molecule has 120 valence electrons. The SMILES string of the molecule is Cc1ccc(OC(C)C(=O)N2CCCCCC2)c([N+](=O)[O-])n1. The number of aryl methyl sites for hydroxylation is 1. The summed E-state index contributed by atoms with van der Waals surface area (Å²) < 4.78 is 5.52. The van der Waals surface area contributed by atoms with E-state index in [-0.39, 0.29) is 17.5 Å². The van der Waals surface area contributed by atoms with Crippen molar-refractivity contribution < 1.29 is 14.5 Å². The molecule has 0 aromatic carbocycles. The van der Waals surface area contributed by atoms with Crippen molar-refractivity contribution in [1.29, 1.82) is 0 Å². The third kappa shape index (κ3) is 3.93. The highest BCUT2D eigenvalue weighted by Crippen LogP contribution is 2.26. The van der Waals surface area contributed by atoms with Crippen molar-refractivity contribution in [3.8, 4) is 5.75 Å². The lowest BCUT2D eigenvalue weighted by atomic mass is 10.2. The number of hydrogen-bond donors (Lipinski definition) is 0.